The maximum Gasteiger partial charge on any atom is 0.310 e. The quantitative estimate of drug-likeness (QED) is 0.651. The van der Waals surface area contributed by atoms with Crippen LogP contribution in [0.5, 0.6) is 0 Å². The fourth-order valence-corrected chi connectivity index (χ4v) is 2.21. The van der Waals surface area contributed by atoms with Crippen LogP contribution in [0.3, 0.4) is 0 Å². The minimum Gasteiger partial charge on any atom is -0.481 e. The number of aliphatic carboxylic acids is 1. The number of aryl methyl sites for hydroxylation is 1. The average molecular weight is 285 g/mol. The van der Waals surface area contributed by atoms with Crippen LogP contribution in [0.2, 0.25) is 0 Å². The van der Waals surface area contributed by atoms with Gasteiger partial charge in [-0.25, -0.2) is 0 Å². The monoisotopic (exact) mass is 285 g/mol. The number of hydrogen-bond acceptors (Lipinski definition) is 3. The van der Waals surface area contributed by atoms with Crippen LogP contribution in [0, 0.1) is 10.1 Å². The highest BCUT2D eigenvalue weighted by molar-refractivity contribution is 5.76. The van der Waals surface area contributed by atoms with Gasteiger partial charge in [-0.3, -0.25) is 14.9 Å². The molecule has 1 N–H and O–H groups in total. The number of nitrogens with zero attached hydrogens (tertiary/aromatic N) is 1. The van der Waals surface area contributed by atoms with E-state index in [9.17, 15) is 20.0 Å². The summed E-state index contributed by atoms with van der Waals surface area (Å²) in [6.07, 6.45) is 1.01. The second kappa shape index (κ2) is 6.65. The summed E-state index contributed by atoms with van der Waals surface area (Å²) < 4.78 is 0. The van der Waals surface area contributed by atoms with Gasteiger partial charge in [0.05, 0.1) is 10.8 Å². The lowest BCUT2D eigenvalue weighted by atomic mass is 9.92. The van der Waals surface area contributed by atoms with E-state index in [1.54, 1.807) is 24.3 Å². The lowest BCUT2D eigenvalue weighted by Gasteiger charge is -2.12. The first-order chi connectivity index (χ1) is 10.1. The van der Waals surface area contributed by atoms with Gasteiger partial charge in [0.25, 0.3) is 5.69 Å². The fraction of sp³-hybridized carbons (Fsp3) is 0.188. The van der Waals surface area contributed by atoms with Crippen molar-refractivity contribution < 1.29 is 14.8 Å². The Labute approximate surface area is 122 Å². The Hall–Kier alpha value is -2.69. The summed E-state index contributed by atoms with van der Waals surface area (Å²) >= 11 is 0. The molecular weight excluding hydrogens is 270 g/mol. The Balaban J connectivity index is 2.05. The molecule has 108 valence electrons. The van der Waals surface area contributed by atoms with E-state index < -0.39 is 16.8 Å². The van der Waals surface area contributed by atoms with E-state index in [1.807, 2.05) is 18.2 Å². The molecule has 21 heavy (non-hydrogen) atoms. The van der Waals surface area contributed by atoms with Gasteiger partial charge in [-0.05, 0) is 24.0 Å². The molecule has 2 rings (SSSR count). The smallest absolute Gasteiger partial charge is 0.310 e. The molecule has 0 aromatic heterocycles. The molecule has 5 nitrogen and oxygen atoms in total. The van der Waals surface area contributed by atoms with Gasteiger partial charge < -0.3 is 5.11 Å². The highest BCUT2D eigenvalue weighted by Gasteiger charge is 2.19. The van der Waals surface area contributed by atoms with E-state index in [-0.39, 0.29) is 5.69 Å². The third-order valence-electron chi connectivity index (χ3n) is 3.37. The Kier molecular flexibility index (Phi) is 4.66. The topological polar surface area (TPSA) is 80.4 Å². The van der Waals surface area contributed by atoms with Crippen molar-refractivity contribution >= 4 is 11.7 Å². The molecule has 2 aromatic rings. The molecule has 0 saturated carbocycles. The largest absolute Gasteiger partial charge is 0.481 e. The molecule has 1 atom stereocenters. The van der Waals surface area contributed by atoms with Gasteiger partial charge in [0.15, 0.2) is 0 Å². The van der Waals surface area contributed by atoms with Crippen molar-refractivity contribution in [2.45, 2.75) is 18.8 Å². The molecule has 0 aliphatic heterocycles. The van der Waals surface area contributed by atoms with Gasteiger partial charge >= 0.3 is 5.97 Å². The van der Waals surface area contributed by atoms with Gasteiger partial charge in [-0.1, -0.05) is 42.5 Å². The van der Waals surface area contributed by atoms with Gasteiger partial charge in [0.1, 0.15) is 0 Å². The van der Waals surface area contributed by atoms with Gasteiger partial charge in [-0.15, -0.1) is 0 Å². The molecular formula is C16H15NO4. The molecule has 0 spiro atoms. The number of nitro benzene ring substituents is 1. The van der Waals surface area contributed by atoms with Crippen molar-refractivity contribution in [1.29, 1.82) is 0 Å². The number of carboxylic acid groups (broad SMARTS) is 1. The van der Waals surface area contributed by atoms with Crippen LogP contribution < -0.4 is 0 Å². The minimum absolute atomic E-state index is 0.0385. The molecule has 0 heterocycles. The van der Waals surface area contributed by atoms with Gasteiger partial charge in [0, 0.05) is 12.1 Å². The van der Waals surface area contributed by atoms with Crippen LogP contribution in [0.1, 0.15) is 23.5 Å². The summed E-state index contributed by atoms with van der Waals surface area (Å²) in [4.78, 5) is 21.5. The molecule has 0 fully saturated rings. The Morgan fingerprint density at radius 3 is 2.24 bits per heavy atom. The third-order valence-corrected chi connectivity index (χ3v) is 3.37. The van der Waals surface area contributed by atoms with Crippen molar-refractivity contribution in [1.82, 2.24) is 0 Å². The predicted molar refractivity (Wildman–Crippen MR) is 78.2 cm³/mol. The van der Waals surface area contributed by atoms with Crippen LogP contribution >= 0.6 is 0 Å². The highest BCUT2D eigenvalue weighted by atomic mass is 16.6. The first-order valence-electron chi connectivity index (χ1n) is 6.59. The molecule has 0 aliphatic carbocycles. The number of carbonyl (C=O) groups is 1. The maximum absolute atomic E-state index is 11.4. The van der Waals surface area contributed by atoms with E-state index in [2.05, 4.69) is 0 Å². The zero-order chi connectivity index (χ0) is 15.2. The summed E-state index contributed by atoms with van der Waals surface area (Å²) in [6.45, 7) is 0. The summed E-state index contributed by atoms with van der Waals surface area (Å²) in [5.41, 5.74) is 1.70. The second-order valence-corrected chi connectivity index (χ2v) is 4.76. The molecule has 0 radical (unpaired) electrons. The SMILES string of the molecule is O=C(O)C(CCc1ccc([N+](=O)[O-])cc1)c1ccccc1. The molecule has 0 bridgehead atoms. The standard InChI is InChI=1S/C16H15NO4/c18-16(19)15(13-4-2-1-3-5-13)11-8-12-6-9-14(10-7-12)17(20)21/h1-7,9-10,15H,8,11H2,(H,18,19). The second-order valence-electron chi connectivity index (χ2n) is 4.76. The first kappa shape index (κ1) is 14.7. The summed E-state index contributed by atoms with van der Waals surface area (Å²) in [6, 6.07) is 15.3. The van der Waals surface area contributed by atoms with E-state index in [0.717, 1.165) is 11.1 Å². The predicted octanol–water partition coefficient (Wildman–Crippen LogP) is 3.40. The number of nitro groups is 1. The molecule has 5 heteroatoms. The van der Waals surface area contributed by atoms with E-state index in [0.29, 0.717) is 12.8 Å². The lowest BCUT2D eigenvalue weighted by molar-refractivity contribution is -0.384. The van der Waals surface area contributed by atoms with Crippen molar-refractivity contribution in [3.8, 4) is 0 Å². The average Bonchev–Trinajstić information content (AvgIpc) is 2.48. The van der Waals surface area contributed by atoms with Crippen LogP contribution in [-0.2, 0) is 11.2 Å². The number of rotatable bonds is 6. The zero-order valence-electron chi connectivity index (χ0n) is 11.3. The molecule has 0 saturated heterocycles. The van der Waals surface area contributed by atoms with Gasteiger partial charge in [0.2, 0.25) is 0 Å². The third kappa shape index (κ3) is 3.89. The lowest BCUT2D eigenvalue weighted by Crippen LogP contribution is -2.12. The summed E-state index contributed by atoms with van der Waals surface area (Å²) in [7, 11) is 0. The van der Waals surface area contributed by atoms with Crippen LogP contribution in [0.25, 0.3) is 0 Å². The zero-order valence-corrected chi connectivity index (χ0v) is 11.3. The molecule has 0 aliphatic rings. The van der Waals surface area contributed by atoms with E-state index in [4.69, 9.17) is 0 Å². The first-order valence-corrected chi connectivity index (χ1v) is 6.59. The number of benzene rings is 2. The van der Waals surface area contributed by atoms with E-state index in [1.165, 1.54) is 12.1 Å². The molecule has 0 amide bonds. The molecule has 2 aromatic carbocycles. The fourth-order valence-electron chi connectivity index (χ4n) is 2.21. The Morgan fingerprint density at radius 1 is 1.10 bits per heavy atom. The summed E-state index contributed by atoms with van der Waals surface area (Å²) in [5, 5.41) is 19.9. The van der Waals surface area contributed by atoms with Crippen LogP contribution in [-0.4, -0.2) is 16.0 Å². The Bertz CT molecular complexity index is 622. The van der Waals surface area contributed by atoms with Gasteiger partial charge in [-0.2, -0.15) is 0 Å². The Morgan fingerprint density at radius 2 is 1.71 bits per heavy atom. The van der Waals surface area contributed by atoms with E-state index >= 15 is 0 Å². The van der Waals surface area contributed by atoms with Crippen molar-refractivity contribution in [2.75, 3.05) is 0 Å². The highest BCUT2D eigenvalue weighted by Crippen LogP contribution is 2.23. The van der Waals surface area contributed by atoms with Crippen LogP contribution in [0.15, 0.2) is 54.6 Å². The number of carboxylic acids is 1. The molecule has 1 unspecified atom stereocenters. The van der Waals surface area contributed by atoms with Crippen molar-refractivity contribution in [3.63, 3.8) is 0 Å². The number of non-ortho nitro benzene ring substituents is 1. The van der Waals surface area contributed by atoms with Crippen LogP contribution in [0.4, 0.5) is 5.69 Å². The number of hydrogen-bond donors (Lipinski definition) is 1. The minimum atomic E-state index is -0.858. The maximum atomic E-state index is 11.4. The van der Waals surface area contributed by atoms with Crippen molar-refractivity contribution in [3.05, 3.63) is 75.8 Å². The normalized spacial score (nSPS) is 11.8. The van der Waals surface area contributed by atoms with Crippen molar-refractivity contribution in [2.24, 2.45) is 0 Å². The summed E-state index contributed by atoms with van der Waals surface area (Å²) in [5.74, 6) is -1.43.